The molecule has 0 aromatic carbocycles. The number of aliphatic imine (C=N–C) groups is 1. The standard InChI is InChI=1S/C9H13F3N4O4/c1-19-5(3-6(17)7(18)20-2)4-14-8(15-16-13)9(10,11)12/h3,16H,4,13H2,1-2H3,(H,14,15)/b5-3+. The van der Waals surface area contributed by atoms with E-state index in [1.807, 2.05) is 0 Å². The zero-order valence-electron chi connectivity index (χ0n) is 10.6. The van der Waals surface area contributed by atoms with Gasteiger partial charge in [0.1, 0.15) is 5.76 Å². The number of ketones is 1. The fraction of sp³-hybridized carbons (Fsp3) is 0.444. The number of carbonyl (C=O) groups is 2. The Morgan fingerprint density at radius 1 is 1.30 bits per heavy atom. The third kappa shape index (κ3) is 6.15. The van der Waals surface area contributed by atoms with Crippen LogP contribution in [0.4, 0.5) is 13.2 Å². The van der Waals surface area contributed by atoms with Crippen LogP contribution in [0.25, 0.3) is 0 Å². The Balaban J connectivity index is 4.99. The van der Waals surface area contributed by atoms with E-state index in [1.54, 1.807) is 11.0 Å². The molecule has 0 heterocycles. The van der Waals surface area contributed by atoms with Gasteiger partial charge in [-0.25, -0.2) is 4.79 Å². The van der Waals surface area contributed by atoms with Crippen molar-refractivity contribution in [1.29, 1.82) is 0 Å². The van der Waals surface area contributed by atoms with E-state index in [4.69, 9.17) is 5.84 Å². The molecule has 0 spiro atoms. The second kappa shape index (κ2) is 8.12. The van der Waals surface area contributed by atoms with Crippen LogP contribution in [0.3, 0.4) is 0 Å². The van der Waals surface area contributed by atoms with Crippen LogP contribution < -0.4 is 16.8 Å². The zero-order chi connectivity index (χ0) is 15.8. The van der Waals surface area contributed by atoms with E-state index in [9.17, 15) is 22.8 Å². The lowest BCUT2D eigenvalue weighted by Crippen LogP contribution is -2.48. The molecule has 0 bridgehead atoms. The number of amidine groups is 1. The Hall–Kier alpha value is -2.14. The number of hydrazine groups is 2. The van der Waals surface area contributed by atoms with E-state index in [0.29, 0.717) is 6.08 Å². The maximum atomic E-state index is 12.4. The van der Waals surface area contributed by atoms with Gasteiger partial charge < -0.3 is 9.47 Å². The number of nitrogens with two attached hydrogens (primary N) is 1. The fourth-order valence-corrected chi connectivity index (χ4v) is 0.900. The van der Waals surface area contributed by atoms with Crippen molar-refractivity contribution < 1.29 is 32.2 Å². The van der Waals surface area contributed by atoms with E-state index < -0.39 is 30.3 Å². The summed E-state index contributed by atoms with van der Waals surface area (Å²) in [6.07, 6.45) is -4.10. The molecule has 0 saturated carbocycles. The molecule has 20 heavy (non-hydrogen) atoms. The van der Waals surface area contributed by atoms with Crippen LogP contribution in [0, 0.1) is 0 Å². The van der Waals surface area contributed by atoms with E-state index in [2.05, 4.69) is 14.5 Å². The molecule has 0 aliphatic heterocycles. The molecule has 0 aromatic rings. The molecule has 114 valence electrons. The smallest absolute Gasteiger partial charge is 0.450 e. The highest BCUT2D eigenvalue weighted by Crippen LogP contribution is 2.15. The van der Waals surface area contributed by atoms with Crippen molar-refractivity contribution in [3.8, 4) is 0 Å². The molecule has 0 atom stereocenters. The average Bonchev–Trinajstić information content (AvgIpc) is 2.39. The molecule has 11 heteroatoms. The van der Waals surface area contributed by atoms with Gasteiger partial charge in [-0.15, -0.1) is 0 Å². The largest absolute Gasteiger partial charge is 0.499 e. The first-order chi connectivity index (χ1) is 9.26. The molecule has 0 aromatic heterocycles. The number of hydrogen-bond donors (Lipinski definition) is 3. The Morgan fingerprint density at radius 2 is 1.90 bits per heavy atom. The molecule has 0 fully saturated rings. The van der Waals surface area contributed by atoms with Gasteiger partial charge in [0, 0.05) is 6.08 Å². The van der Waals surface area contributed by atoms with E-state index in [0.717, 1.165) is 14.2 Å². The number of halogens is 3. The lowest BCUT2D eigenvalue weighted by Gasteiger charge is -2.12. The molecule has 0 aliphatic rings. The van der Waals surface area contributed by atoms with Crippen LogP contribution in [-0.4, -0.2) is 44.5 Å². The first-order valence-electron chi connectivity index (χ1n) is 4.96. The third-order valence-corrected chi connectivity index (χ3v) is 1.79. The minimum Gasteiger partial charge on any atom is -0.499 e. The van der Waals surface area contributed by atoms with Gasteiger partial charge in [-0.2, -0.15) is 18.7 Å². The molecule has 8 nitrogen and oxygen atoms in total. The molecular weight excluding hydrogens is 285 g/mol. The van der Waals surface area contributed by atoms with Crippen molar-refractivity contribution in [3.63, 3.8) is 0 Å². The van der Waals surface area contributed by atoms with Crippen molar-refractivity contribution in [2.45, 2.75) is 6.18 Å². The van der Waals surface area contributed by atoms with Gasteiger partial charge in [-0.1, -0.05) is 0 Å². The molecule has 0 unspecified atom stereocenters. The summed E-state index contributed by atoms with van der Waals surface area (Å²) >= 11 is 0. The summed E-state index contributed by atoms with van der Waals surface area (Å²) in [5.74, 6) is 0.750. The topological polar surface area (TPSA) is 115 Å². The van der Waals surface area contributed by atoms with Crippen molar-refractivity contribution in [2.24, 2.45) is 10.8 Å². The maximum Gasteiger partial charge on any atom is 0.450 e. The first-order valence-corrected chi connectivity index (χ1v) is 4.96. The summed E-state index contributed by atoms with van der Waals surface area (Å²) in [6.45, 7) is -0.636. The van der Waals surface area contributed by atoms with Gasteiger partial charge in [0.2, 0.25) is 5.84 Å². The van der Waals surface area contributed by atoms with E-state index in [1.165, 1.54) is 0 Å². The Morgan fingerprint density at radius 3 is 2.30 bits per heavy atom. The van der Waals surface area contributed by atoms with Crippen LogP contribution in [0.1, 0.15) is 0 Å². The lowest BCUT2D eigenvalue weighted by atomic mass is 10.3. The van der Waals surface area contributed by atoms with Crippen LogP contribution >= 0.6 is 0 Å². The Bertz CT molecular complexity index is 420. The average molecular weight is 298 g/mol. The number of hydrogen-bond acceptors (Lipinski definition) is 7. The lowest BCUT2D eigenvalue weighted by molar-refractivity contribution is -0.149. The predicted octanol–water partition coefficient (Wildman–Crippen LogP) is -0.812. The van der Waals surface area contributed by atoms with Crippen molar-refractivity contribution in [1.82, 2.24) is 11.0 Å². The molecular formula is C9H13F3N4O4. The Kier molecular flexibility index (Phi) is 7.25. The van der Waals surface area contributed by atoms with Crippen LogP contribution in [0.15, 0.2) is 16.8 Å². The summed E-state index contributed by atoms with van der Waals surface area (Å²) in [4.78, 5) is 25.1. The van der Waals surface area contributed by atoms with Gasteiger partial charge in [0.15, 0.2) is 0 Å². The molecule has 0 aliphatic carbocycles. The fourth-order valence-electron chi connectivity index (χ4n) is 0.900. The summed E-state index contributed by atoms with van der Waals surface area (Å²) in [6, 6.07) is 0. The van der Waals surface area contributed by atoms with Gasteiger partial charge in [0.25, 0.3) is 5.78 Å². The van der Waals surface area contributed by atoms with Gasteiger partial charge in [-0.05, 0) is 0 Å². The second-order valence-electron chi connectivity index (χ2n) is 3.10. The first kappa shape index (κ1) is 17.9. The number of rotatable bonds is 6. The zero-order valence-corrected chi connectivity index (χ0v) is 10.6. The maximum absolute atomic E-state index is 12.4. The van der Waals surface area contributed by atoms with Gasteiger partial charge >= 0.3 is 12.1 Å². The highest BCUT2D eigenvalue weighted by molar-refractivity contribution is 6.38. The van der Waals surface area contributed by atoms with Crippen LogP contribution in [0.5, 0.6) is 0 Å². The predicted molar refractivity (Wildman–Crippen MR) is 60.9 cm³/mol. The quantitative estimate of drug-likeness (QED) is 0.0858. The number of esters is 1. The van der Waals surface area contributed by atoms with E-state index >= 15 is 0 Å². The third-order valence-electron chi connectivity index (χ3n) is 1.79. The number of ether oxygens (including phenoxy) is 2. The highest BCUT2D eigenvalue weighted by atomic mass is 19.4. The van der Waals surface area contributed by atoms with Crippen molar-refractivity contribution in [3.05, 3.63) is 11.8 Å². The molecule has 4 N–H and O–H groups in total. The molecule has 0 rings (SSSR count). The van der Waals surface area contributed by atoms with Crippen molar-refractivity contribution in [2.75, 3.05) is 20.8 Å². The number of nitrogens with one attached hydrogen (secondary N) is 2. The number of methoxy groups -OCH3 is 2. The molecule has 0 saturated heterocycles. The minimum atomic E-state index is -4.78. The summed E-state index contributed by atoms with van der Waals surface area (Å²) in [5, 5.41) is 0. The van der Waals surface area contributed by atoms with Crippen molar-refractivity contribution >= 4 is 17.6 Å². The Labute approximate surface area is 111 Å². The monoisotopic (exact) mass is 298 g/mol. The molecule has 0 amide bonds. The summed E-state index contributed by atoms with van der Waals surface area (Å²) < 4.78 is 46.0. The normalized spacial score (nSPS) is 12.9. The van der Waals surface area contributed by atoms with Gasteiger partial charge in [-0.3, -0.25) is 21.1 Å². The SMILES string of the molecule is COC(=O)C(=O)/C=C(\CN=C(NNN)C(F)(F)F)OC. The number of alkyl halides is 3. The van der Waals surface area contributed by atoms with Crippen LogP contribution in [0.2, 0.25) is 0 Å². The number of carbonyl (C=O) groups excluding carboxylic acids is 2. The highest BCUT2D eigenvalue weighted by Gasteiger charge is 2.35. The van der Waals surface area contributed by atoms with Crippen LogP contribution in [-0.2, 0) is 19.1 Å². The number of nitrogens with zero attached hydrogens (tertiary/aromatic N) is 1. The van der Waals surface area contributed by atoms with Gasteiger partial charge in [0.05, 0.1) is 20.8 Å². The minimum absolute atomic E-state index is 0.263. The summed E-state index contributed by atoms with van der Waals surface area (Å²) in [7, 11) is 2.09. The molecule has 0 radical (unpaired) electrons. The summed E-state index contributed by atoms with van der Waals surface area (Å²) in [5.41, 5.74) is 3.16. The second-order valence-corrected chi connectivity index (χ2v) is 3.10. The van der Waals surface area contributed by atoms with E-state index in [-0.39, 0.29) is 5.76 Å².